The monoisotopic (exact) mass is 244 g/mol. The Morgan fingerprint density at radius 2 is 2.18 bits per heavy atom. The normalized spacial score (nSPS) is 19.5. The van der Waals surface area contributed by atoms with Crippen molar-refractivity contribution in [1.82, 2.24) is 5.32 Å². The van der Waals surface area contributed by atoms with Crippen LogP contribution >= 0.6 is 0 Å². The van der Waals surface area contributed by atoms with Crippen molar-refractivity contribution in [1.29, 1.82) is 0 Å². The summed E-state index contributed by atoms with van der Waals surface area (Å²) in [6.45, 7) is 1.21. The second-order valence-electron chi connectivity index (χ2n) is 4.70. The highest BCUT2D eigenvalue weighted by Crippen LogP contribution is 2.34. The van der Waals surface area contributed by atoms with Gasteiger partial charge in [-0.25, -0.2) is 0 Å². The van der Waals surface area contributed by atoms with Crippen LogP contribution in [0.1, 0.15) is 32.1 Å². The summed E-state index contributed by atoms with van der Waals surface area (Å²) in [7, 11) is 3.34. The van der Waals surface area contributed by atoms with Gasteiger partial charge in [0.25, 0.3) is 0 Å². The SMILES string of the molecule is COCCCC(N)C(=O)NCC1(OC)CCC1. The van der Waals surface area contributed by atoms with Crippen molar-refractivity contribution < 1.29 is 14.3 Å². The number of carbonyl (C=O) groups excluding carboxylic acids is 1. The molecule has 0 aromatic carbocycles. The highest BCUT2D eigenvalue weighted by atomic mass is 16.5. The van der Waals surface area contributed by atoms with E-state index in [4.69, 9.17) is 15.2 Å². The number of rotatable bonds is 8. The molecule has 5 nitrogen and oxygen atoms in total. The number of carbonyl (C=O) groups is 1. The van der Waals surface area contributed by atoms with Crippen molar-refractivity contribution >= 4 is 5.91 Å². The lowest BCUT2D eigenvalue weighted by Crippen LogP contribution is -2.52. The molecule has 1 aliphatic rings. The van der Waals surface area contributed by atoms with E-state index >= 15 is 0 Å². The number of hydrogen-bond acceptors (Lipinski definition) is 4. The van der Waals surface area contributed by atoms with Gasteiger partial charge in [-0.05, 0) is 32.1 Å². The molecule has 0 saturated heterocycles. The smallest absolute Gasteiger partial charge is 0.237 e. The first-order chi connectivity index (χ1) is 8.13. The molecule has 1 fully saturated rings. The average molecular weight is 244 g/mol. The Kier molecular flexibility index (Phi) is 5.88. The van der Waals surface area contributed by atoms with Crippen molar-refractivity contribution in [2.24, 2.45) is 5.73 Å². The fourth-order valence-corrected chi connectivity index (χ4v) is 1.98. The van der Waals surface area contributed by atoms with Crippen LogP contribution in [0.25, 0.3) is 0 Å². The number of ether oxygens (including phenoxy) is 2. The standard InChI is InChI=1S/C12H24N2O3/c1-16-8-3-5-10(13)11(15)14-9-12(17-2)6-4-7-12/h10H,3-9,13H2,1-2H3,(H,14,15). The van der Waals surface area contributed by atoms with Crippen molar-refractivity contribution in [2.75, 3.05) is 27.4 Å². The van der Waals surface area contributed by atoms with Gasteiger partial charge < -0.3 is 20.5 Å². The van der Waals surface area contributed by atoms with E-state index in [-0.39, 0.29) is 11.5 Å². The van der Waals surface area contributed by atoms with Gasteiger partial charge in [0, 0.05) is 27.4 Å². The zero-order chi connectivity index (χ0) is 12.7. The predicted molar refractivity (Wildman–Crippen MR) is 65.7 cm³/mol. The number of nitrogens with one attached hydrogen (secondary N) is 1. The van der Waals surface area contributed by atoms with Gasteiger partial charge in [-0.15, -0.1) is 0 Å². The first-order valence-electron chi connectivity index (χ1n) is 6.21. The molecule has 0 bridgehead atoms. The molecule has 5 heteroatoms. The van der Waals surface area contributed by atoms with Crippen LogP contribution in [-0.4, -0.2) is 44.9 Å². The quantitative estimate of drug-likeness (QED) is 0.607. The molecule has 1 aliphatic carbocycles. The van der Waals surface area contributed by atoms with Gasteiger partial charge >= 0.3 is 0 Å². The van der Waals surface area contributed by atoms with Crippen LogP contribution in [0, 0.1) is 0 Å². The molecule has 0 aromatic rings. The Balaban J connectivity index is 2.19. The Morgan fingerprint density at radius 1 is 1.47 bits per heavy atom. The molecule has 0 radical (unpaired) electrons. The minimum Gasteiger partial charge on any atom is -0.385 e. The van der Waals surface area contributed by atoms with E-state index in [0.717, 1.165) is 19.3 Å². The summed E-state index contributed by atoms with van der Waals surface area (Å²) < 4.78 is 10.3. The van der Waals surface area contributed by atoms with Gasteiger partial charge in [-0.1, -0.05) is 0 Å². The summed E-state index contributed by atoms with van der Waals surface area (Å²) in [5.41, 5.74) is 5.64. The van der Waals surface area contributed by atoms with Crippen molar-refractivity contribution in [3.8, 4) is 0 Å². The van der Waals surface area contributed by atoms with Gasteiger partial charge in [0.05, 0.1) is 11.6 Å². The largest absolute Gasteiger partial charge is 0.385 e. The lowest BCUT2D eigenvalue weighted by Gasteiger charge is -2.40. The first-order valence-corrected chi connectivity index (χ1v) is 6.21. The third kappa shape index (κ3) is 4.26. The third-order valence-electron chi connectivity index (χ3n) is 3.48. The van der Waals surface area contributed by atoms with Crippen LogP contribution in [0.15, 0.2) is 0 Å². The topological polar surface area (TPSA) is 73.6 Å². The molecular weight excluding hydrogens is 220 g/mol. The van der Waals surface area contributed by atoms with Gasteiger partial charge in [-0.3, -0.25) is 4.79 Å². The van der Waals surface area contributed by atoms with E-state index in [1.165, 1.54) is 6.42 Å². The fraction of sp³-hybridized carbons (Fsp3) is 0.917. The van der Waals surface area contributed by atoms with Crippen LogP contribution in [0.4, 0.5) is 0 Å². The average Bonchev–Trinajstić information content (AvgIpc) is 2.28. The van der Waals surface area contributed by atoms with Crippen molar-refractivity contribution in [2.45, 2.75) is 43.7 Å². The van der Waals surface area contributed by atoms with Crippen molar-refractivity contribution in [3.05, 3.63) is 0 Å². The third-order valence-corrected chi connectivity index (χ3v) is 3.48. The summed E-state index contributed by atoms with van der Waals surface area (Å²) in [6.07, 6.45) is 4.66. The first kappa shape index (κ1) is 14.4. The van der Waals surface area contributed by atoms with Crippen LogP contribution in [0.3, 0.4) is 0 Å². The van der Waals surface area contributed by atoms with E-state index in [2.05, 4.69) is 5.32 Å². The highest BCUT2D eigenvalue weighted by Gasteiger charge is 2.37. The maximum absolute atomic E-state index is 11.7. The Labute approximate surface area is 103 Å². The van der Waals surface area contributed by atoms with Crippen LogP contribution in [0.2, 0.25) is 0 Å². The van der Waals surface area contributed by atoms with E-state index in [0.29, 0.717) is 19.6 Å². The number of hydrogen-bond donors (Lipinski definition) is 2. The lowest BCUT2D eigenvalue weighted by molar-refractivity contribution is -0.126. The van der Waals surface area contributed by atoms with Gasteiger partial charge in [0.1, 0.15) is 0 Å². The molecule has 1 saturated carbocycles. The Bertz CT molecular complexity index is 236. The van der Waals surface area contributed by atoms with E-state index < -0.39 is 6.04 Å². The molecule has 17 heavy (non-hydrogen) atoms. The molecule has 0 aliphatic heterocycles. The summed E-state index contributed by atoms with van der Waals surface area (Å²) in [4.78, 5) is 11.7. The van der Waals surface area contributed by atoms with E-state index in [1.807, 2.05) is 0 Å². The summed E-state index contributed by atoms with van der Waals surface area (Å²) >= 11 is 0. The molecule has 3 N–H and O–H groups in total. The molecule has 100 valence electrons. The molecule has 0 heterocycles. The van der Waals surface area contributed by atoms with Gasteiger partial charge in [0.2, 0.25) is 5.91 Å². The molecule has 0 spiro atoms. The van der Waals surface area contributed by atoms with Crippen LogP contribution in [-0.2, 0) is 14.3 Å². The second-order valence-corrected chi connectivity index (χ2v) is 4.70. The van der Waals surface area contributed by atoms with Crippen molar-refractivity contribution in [3.63, 3.8) is 0 Å². The molecule has 1 rings (SSSR count). The fourth-order valence-electron chi connectivity index (χ4n) is 1.98. The molecule has 1 amide bonds. The van der Waals surface area contributed by atoms with Gasteiger partial charge in [0.15, 0.2) is 0 Å². The number of methoxy groups -OCH3 is 2. The van der Waals surface area contributed by atoms with E-state index in [9.17, 15) is 4.79 Å². The molecule has 0 aromatic heterocycles. The maximum atomic E-state index is 11.7. The minimum atomic E-state index is -0.445. The zero-order valence-corrected chi connectivity index (χ0v) is 10.8. The minimum absolute atomic E-state index is 0.0931. The highest BCUT2D eigenvalue weighted by molar-refractivity contribution is 5.81. The summed E-state index contributed by atoms with van der Waals surface area (Å²) in [5, 5.41) is 2.87. The Hall–Kier alpha value is -0.650. The Morgan fingerprint density at radius 3 is 2.65 bits per heavy atom. The molecule has 1 atom stereocenters. The lowest BCUT2D eigenvalue weighted by atomic mass is 9.80. The molecular formula is C12H24N2O3. The predicted octanol–water partition coefficient (Wildman–Crippen LogP) is 0.426. The number of amides is 1. The number of nitrogens with two attached hydrogens (primary N) is 1. The van der Waals surface area contributed by atoms with Crippen LogP contribution in [0.5, 0.6) is 0 Å². The summed E-state index contributed by atoms with van der Waals surface area (Å²) in [6, 6.07) is -0.445. The zero-order valence-electron chi connectivity index (χ0n) is 10.8. The molecule has 1 unspecified atom stereocenters. The van der Waals surface area contributed by atoms with Crippen LogP contribution < -0.4 is 11.1 Å². The summed E-state index contributed by atoms with van der Waals surface area (Å²) in [5.74, 6) is -0.0931. The maximum Gasteiger partial charge on any atom is 0.237 e. The van der Waals surface area contributed by atoms with Gasteiger partial charge in [-0.2, -0.15) is 0 Å². The van der Waals surface area contributed by atoms with E-state index in [1.54, 1.807) is 14.2 Å². The second kappa shape index (κ2) is 6.93.